The number of unbranched alkanes of at least 4 members (excludes halogenated alkanes) is 1. The van der Waals surface area contributed by atoms with Crippen LogP contribution in [-0.4, -0.2) is 58.1 Å². The first-order valence-electron chi connectivity index (χ1n) is 10.4. The molecule has 0 radical (unpaired) electrons. The lowest BCUT2D eigenvalue weighted by Crippen LogP contribution is -2.44. The molecule has 0 aromatic heterocycles. The van der Waals surface area contributed by atoms with Crippen molar-refractivity contribution in [3.63, 3.8) is 0 Å². The summed E-state index contributed by atoms with van der Waals surface area (Å²) in [5, 5.41) is 2.51. The van der Waals surface area contributed by atoms with Crippen LogP contribution < -0.4 is 5.32 Å². The predicted octanol–water partition coefficient (Wildman–Crippen LogP) is 2.98. The van der Waals surface area contributed by atoms with Crippen LogP contribution in [0.5, 0.6) is 0 Å². The number of hydrogen-bond donors (Lipinski definition) is 1. The third-order valence-electron chi connectivity index (χ3n) is 5.51. The van der Waals surface area contributed by atoms with E-state index >= 15 is 0 Å². The lowest BCUT2D eigenvalue weighted by molar-refractivity contribution is -0.129. The van der Waals surface area contributed by atoms with Crippen molar-refractivity contribution in [3.8, 4) is 0 Å². The number of ether oxygens (including phenoxy) is 1. The lowest BCUT2D eigenvalue weighted by atomic mass is 10.1. The molecule has 3 amide bonds. The molecule has 30 heavy (non-hydrogen) atoms. The van der Waals surface area contributed by atoms with Crippen LogP contribution in [0.4, 0.5) is 4.79 Å². The fraction of sp³-hybridized carbons (Fsp3) is 0.619. The average Bonchev–Trinajstić information content (AvgIpc) is 3.45. The Kier molecular flexibility index (Phi) is 9.45. The van der Waals surface area contributed by atoms with Gasteiger partial charge in [0, 0.05) is 26.6 Å². The number of imide groups is 1. The summed E-state index contributed by atoms with van der Waals surface area (Å²) < 4.78 is 31.5. The van der Waals surface area contributed by atoms with Gasteiger partial charge in [0.2, 0.25) is 5.91 Å². The molecule has 4 unspecified atom stereocenters. The molecule has 0 saturated heterocycles. The van der Waals surface area contributed by atoms with E-state index in [9.17, 15) is 18.0 Å². The minimum atomic E-state index is -2.62. The van der Waals surface area contributed by atoms with E-state index in [1.54, 1.807) is 7.11 Å². The highest BCUT2D eigenvalue weighted by Crippen LogP contribution is 2.51. The Morgan fingerprint density at radius 1 is 1.20 bits per heavy atom. The van der Waals surface area contributed by atoms with Crippen molar-refractivity contribution in [2.24, 2.45) is 10.3 Å². The van der Waals surface area contributed by atoms with Crippen LogP contribution in [0.2, 0.25) is 0 Å². The molecule has 8 nitrogen and oxygen atoms in total. The number of carbonyl (C=O) groups is 2. The third-order valence-corrected chi connectivity index (χ3v) is 5.92. The molecule has 1 aromatic carbocycles. The number of methoxy groups -OCH3 is 1. The van der Waals surface area contributed by atoms with E-state index in [-0.39, 0.29) is 18.6 Å². The van der Waals surface area contributed by atoms with Crippen molar-refractivity contribution >= 4 is 22.4 Å². The summed E-state index contributed by atoms with van der Waals surface area (Å²) in [5.74, 6) is -1.41. The molecule has 0 spiro atoms. The predicted molar refractivity (Wildman–Crippen MR) is 114 cm³/mol. The Hall–Kier alpha value is -2.26. The molecular weight excluding hydrogens is 406 g/mol. The van der Waals surface area contributed by atoms with Gasteiger partial charge in [-0.3, -0.25) is 9.69 Å². The van der Waals surface area contributed by atoms with Gasteiger partial charge in [-0.1, -0.05) is 50.1 Å². The molecule has 1 aliphatic rings. The van der Waals surface area contributed by atoms with Gasteiger partial charge < -0.3 is 10.1 Å². The number of nitrogens with one attached hydrogen (secondary N) is 1. The highest BCUT2D eigenvalue weighted by atomic mass is 32.2. The lowest BCUT2D eigenvalue weighted by Gasteiger charge is -2.22. The van der Waals surface area contributed by atoms with E-state index < -0.39 is 34.4 Å². The molecule has 0 heterocycles. The molecule has 1 aliphatic carbocycles. The fourth-order valence-corrected chi connectivity index (χ4v) is 4.28. The van der Waals surface area contributed by atoms with Crippen LogP contribution in [0.15, 0.2) is 34.7 Å². The van der Waals surface area contributed by atoms with Crippen LogP contribution in [-0.2, 0) is 20.0 Å². The van der Waals surface area contributed by atoms with Gasteiger partial charge in [-0.2, -0.15) is 12.8 Å². The van der Waals surface area contributed by atoms with Crippen molar-refractivity contribution in [1.82, 2.24) is 10.2 Å². The summed E-state index contributed by atoms with van der Waals surface area (Å²) in [6, 6.07) is 8.02. The first-order valence-corrected chi connectivity index (χ1v) is 11.4. The normalized spacial score (nSPS) is 20.8. The quantitative estimate of drug-likeness (QED) is 0.573. The summed E-state index contributed by atoms with van der Waals surface area (Å²) in [4.78, 5) is 26.7. The smallest absolute Gasteiger partial charge is 0.323 e. The Bertz CT molecular complexity index is 835. The van der Waals surface area contributed by atoms with Crippen molar-refractivity contribution in [1.29, 1.82) is 0 Å². The minimum absolute atomic E-state index is 0.0928. The largest absolute Gasteiger partial charge is 0.381 e. The van der Waals surface area contributed by atoms with Crippen molar-refractivity contribution in [3.05, 3.63) is 35.9 Å². The van der Waals surface area contributed by atoms with Gasteiger partial charge in [-0.05, 0) is 24.8 Å². The van der Waals surface area contributed by atoms with Crippen LogP contribution >= 0.6 is 0 Å². The zero-order chi connectivity index (χ0) is 22.1. The highest BCUT2D eigenvalue weighted by molar-refractivity contribution is 7.61. The van der Waals surface area contributed by atoms with E-state index in [4.69, 9.17) is 4.74 Å². The SMILES string of the molecule is CCCCC(CCCN(C(=O)NC)C(=O)C1C(N=S(=O)=O)C1c1ccccc1)OC. The monoisotopic (exact) mass is 437 g/mol. The van der Waals surface area contributed by atoms with Crippen LogP contribution in [0, 0.1) is 5.92 Å². The third kappa shape index (κ3) is 6.37. The second kappa shape index (κ2) is 11.8. The Balaban J connectivity index is 2.11. The van der Waals surface area contributed by atoms with Gasteiger partial charge >= 0.3 is 16.5 Å². The number of urea groups is 1. The van der Waals surface area contributed by atoms with Gasteiger partial charge in [-0.15, -0.1) is 0 Å². The molecule has 1 aromatic rings. The molecule has 0 aliphatic heterocycles. The van der Waals surface area contributed by atoms with Gasteiger partial charge in [0.1, 0.15) is 0 Å². The molecule has 4 atom stereocenters. The van der Waals surface area contributed by atoms with E-state index in [0.717, 1.165) is 31.2 Å². The van der Waals surface area contributed by atoms with Gasteiger partial charge in [0.05, 0.1) is 18.1 Å². The van der Waals surface area contributed by atoms with E-state index in [0.29, 0.717) is 6.42 Å². The maximum Gasteiger partial charge on any atom is 0.323 e. The Labute approximate surface area is 179 Å². The molecule has 1 N–H and O–H groups in total. The number of hydrogen-bond acceptors (Lipinski definition) is 6. The number of benzene rings is 1. The number of amides is 3. The standard InChI is InChI=1S/C21H31N3O5S/c1-4-5-12-16(29-3)13-9-14-24(21(26)22-2)20(25)18-17(19(18)23-30(27)28)15-10-7-6-8-11-15/h6-8,10-11,16-19H,4-5,9,12-14H2,1-3H3,(H,22,26). The maximum absolute atomic E-state index is 13.2. The van der Waals surface area contributed by atoms with Gasteiger partial charge in [0.15, 0.2) is 0 Å². The number of rotatable bonds is 11. The second-order valence-corrected chi connectivity index (χ2v) is 8.11. The topological polar surface area (TPSA) is 105 Å². The Morgan fingerprint density at radius 3 is 2.43 bits per heavy atom. The zero-order valence-corrected chi connectivity index (χ0v) is 18.6. The van der Waals surface area contributed by atoms with Crippen LogP contribution in [0.3, 0.4) is 0 Å². The summed E-state index contributed by atoms with van der Waals surface area (Å²) in [6.45, 7) is 2.36. The maximum atomic E-state index is 13.2. The molecule has 0 bridgehead atoms. The Morgan fingerprint density at radius 2 is 1.87 bits per heavy atom. The summed E-state index contributed by atoms with van der Waals surface area (Å²) in [7, 11) is 0.523. The van der Waals surface area contributed by atoms with Crippen molar-refractivity contribution < 1.29 is 22.7 Å². The molecule has 2 rings (SSSR count). The summed E-state index contributed by atoms with van der Waals surface area (Å²) in [6.07, 6.45) is 4.53. The zero-order valence-electron chi connectivity index (χ0n) is 17.8. The average molecular weight is 438 g/mol. The molecule has 9 heteroatoms. The van der Waals surface area contributed by atoms with Gasteiger partial charge in [0.25, 0.3) is 0 Å². The number of carbonyl (C=O) groups excluding carboxylic acids is 2. The molecule has 166 valence electrons. The van der Waals surface area contributed by atoms with Crippen LogP contribution in [0.25, 0.3) is 0 Å². The molecular formula is C21H31N3O5S. The van der Waals surface area contributed by atoms with E-state index in [2.05, 4.69) is 16.6 Å². The van der Waals surface area contributed by atoms with Crippen molar-refractivity contribution in [2.75, 3.05) is 20.7 Å². The first kappa shape index (κ1) is 24.0. The summed E-state index contributed by atoms with van der Waals surface area (Å²) >= 11 is 0. The minimum Gasteiger partial charge on any atom is -0.381 e. The van der Waals surface area contributed by atoms with E-state index in [1.165, 1.54) is 11.9 Å². The molecule has 1 fully saturated rings. The number of nitrogens with zero attached hydrogens (tertiary/aromatic N) is 2. The van der Waals surface area contributed by atoms with Crippen LogP contribution in [0.1, 0.15) is 50.5 Å². The fourth-order valence-electron chi connectivity index (χ4n) is 3.82. The van der Waals surface area contributed by atoms with E-state index in [1.807, 2.05) is 30.3 Å². The first-order chi connectivity index (χ1) is 14.4. The highest BCUT2D eigenvalue weighted by Gasteiger charge is 2.58. The van der Waals surface area contributed by atoms with Crippen molar-refractivity contribution in [2.45, 2.75) is 57.1 Å². The molecule has 1 saturated carbocycles. The summed E-state index contributed by atoms with van der Waals surface area (Å²) in [5.41, 5.74) is 0.839. The second-order valence-electron chi connectivity index (χ2n) is 7.46. The van der Waals surface area contributed by atoms with Gasteiger partial charge in [-0.25, -0.2) is 4.79 Å².